The van der Waals surface area contributed by atoms with E-state index in [1.54, 1.807) is 18.2 Å². The summed E-state index contributed by atoms with van der Waals surface area (Å²) >= 11 is 0. The fourth-order valence-electron chi connectivity index (χ4n) is 6.92. The summed E-state index contributed by atoms with van der Waals surface area (Å²) in [5.74, 6) is -0.216. The highest BCUT2D eigenvalue weighted by Gasteiger charge is 2.29. The fraction of sp³-hybridized carbons (Fsp3) is 0.405. The Morgan fingerprint density at radius 2 is 1.59 bits per heavy atom. The fourth-order valence-corrected chi connectivity index (χ4v) is 6.92. The first-order chi connectivity index (χ1) is 23.2. The molecule has 49 heavy (non-hydrogen) atoms. The molecule has 260 valence electrons. The highest BCUT2D eigenvalue weighted by atomic mass is 35.5. The number of carbonyl (C=O) groups is 3. The van der Waals surface area contributed by atoms with Gasteiger partial charge in [0.1, 0.15) is 6.04 Å². The number of aryl methyl sites for hydroxylation is 1. The van der Waals surface area contributed by atoms with Crippen molar-refractivity contribution in [3.05, 3.63) is 87.8 Å². The van der Waals surface area contributed by atoms with Crippen molar-refractivity contribution in [2.45, 2.75) is 64.0 Å². The minimum atomic E-state index is -0.809. The van der Waals surface area contributed by atoms with E-state index in [4.69, 9.17) is 5.73 Å². The lowest BCUT2D eigenvalue weighted by Crippen LogP contribution is -2.48. The molecule has 0 spiro atoms. The van der Waals surface area contributed by atoms with Crippen LogP contribution in [0.2, 0.25) is 0 Å². The average Bonchev–Trinajstić information content (AvgIpc) is 3.48. The van der Waals surface area contributed by atoms with Crippen LogP contribution in [0.3, 0.4) is 0 Å². The zero-order chi connectivity index (χ0) is 33.6. The molecule has 2 aliphatic rings. The van der Waals surface area contributed by atoms with Gasteiger partial charge in [0.2, 0.25) is 11.8 Å². The second-order valence-electron chi connectivity index (χ2n) is 13.3. The van der Waals surface area contributed by atoms with Gasteiger partial charge in [0, 0.05) is 29.6 Å². The number of aromatic amines is 2. The van der Waals surface area contributed by atoms with Gasteiger partial charge in [-0.15, -0.1) is 12.4 Å². The Hall–Kier alpha value is -4.45. The van der Waals surface area contributed by atoms with Crippen LogP contribution in [0.4, 0.5) is 5.69 Å². The molecule has 3 aromatic carbocycles. The lowest BCUT2D eigenvalue weighted by molar-refractivity contribution is -0.130. The largest absolute Gasteiger partial charge is 0.349 e. The van der Waals surface area contributed by atoms with Crippen molar-refractivity contribution >= 4 is 46.8 Å². The van der Waals surface area contributed by atoms with E-state index in [0.717, 1.165) is 73.9 Å². The molecule has 0 unspecified atom stereocenters. The number of piperidine rings is 1. The molecule has 1 aliphatic carbocycles. The standard InChI is InChI=1S/C37H45N7O4.ClH/c1-22-18-27(35(46)40-28-14-16-39-17-15-28)10-12-30(22)25-6-2-23(3-7-25)19-33(42-34(45)26-8-4-24(21-38)5-9-26)36(47)41-29-11-13-31-32(20-29)44-37(48)43-31;/h2-3,6-7,10-13,18,20,24,26,28,33,39H,4-5,8-9,14-17,19,21,38H2,1H3,(H,40,46)(H,41,47)(H,42,45)(H2,43,44,48);1H/t24-,26-,33-;/m0./s1. The van der Waals surface area contributed by atoms with Crippen LogP contribution >= 0.6 is 12.4 Å². The van der Waals surface area contributed by atoms with Crippen molar-refractivity contribution in [2.24, 2.45) is 17.6 Å². The van der Waals surface area contributed by atoms with Gasteiger partial charge in [0.05, 0.1) is 11.0 Å². The van der Waals surface area contributed by atoms with Crippen LogP contribution in [0.5, 0.6) is 0 Å². The summed E-state index contributed by atoms with van der Waals surface area (Å²) in [6.45, 7) is 4.46. The summed E-state index contributed by atoms with van der Waals surface area (Å²) in [6.07, 6.45) is 5.49. The van der Waals surface area contributed by atoms with E-state index in [1.165, 1.54) is 0 Å². The second kappa shape index (κ2) is 16.3. The summed E-state index contributed by atoms with van der Waals surface area (Å²) in [5.41, 5.74) is 11.8. The van der Waals surface area contributed by atoms with Gasteiger partial charge in [-0.3, -0.25) is 14.4 Å². The number of hydrogen-bond donors (Lipinski definition) is 7. The molecule has 0 bridgehead atoms. The van der Waals surface area contributed by atoms with E-state index < -0.39 is 6.04 Å². The number of carbonyl (C=O) groups excluding carboxylic acids is 3. The summed E-state index contributed by atoms with van der Waals surface area (Å²) < 4.78 is 0. The van der Waals surface area contributed by atoms with Crippen LogP contribution < -0.4 is 32.7 Å². The van der Waals surface area contributed by atoms with Crippen molar-refractivity contribution in [1.82, 2.24) is 25.9 Å². The van der Waals surface area contributed by atoms with Gasteiger partial charge >= 0.3 is 5.69 Å². The smallest absolute Gasteiger partial charge is 0.323 e. The van der Waals surface area contributed by atoms with Gasteiger partial charge in [0.15, 0.2) is 0 Å². The Morgan fingerprint density at radius 3 is 2.29 bits per heavy atom. The van der Waals surface area contributed by atoms with E-state index in [-0.39, 0.29) is 47.8 Å². The van der Waals surface area contributed by atoms with E-state index in [2.05, 4.69) is 31.2 Å². The zero-order valence-corrected chi connectivity index (χ0v) is 28.6. The summed E-state index contributed by atoms with van der Waals surface area (Å²) in [7, 11) is 0. The topological polar surface area (TPSA) is 174 Å². The number of nitrogens with one attached hydrogen (secondary N) is 6. The molecule has 8 N–H and O–H groups in total. The molecule has 12 heteroatoms. The number of H-pyrrole nitrogens is 2. The highest BCUT2D eigenvalue weighted by molar-refractivity contribution is 5.99. The zero-order valence-electron chi connectivity index (χ0n) is 27.8. The number of nitrogens with two attached hydrogens (primary N) is 1. The van der Waals surface area contributed by atoms with Gasteiger partial charge in [-0.25, -0.2) is 4.79 Å². The Morgan fingerprint density at radius 1 is 0.878 bits per heavy atom. The molecule has 4 aromatic rings. The third-order valence-corrected chi connectivity index (χ3v) is 9.84. The minimum Gasteiger partial charge on any atom is -0.349 e. The van der Waals surface area contributed by atoms with Crippen LogP contribution in [0.25, 0.3) is 22.2 Å². The predicted octanol–water partition coefficient (Wildman–Crippen LogP) is 4.17. The summed E-state index contributed by atoms with van der Waals surface area (Å²) in [4.78, 5) is 57.1. The quantitative estimate of drug-likeness (QED) is 0.132. The lowest BCUT2D eigenvalue weighted by atomic mass is 9.81. The van der Waals surface area contributed by atoms with Gasteiger partial charge < -0.3 is 37.0 Å². The molecule has 11 nitrogen and oxygen atoms in total. The van der Waals surface area contributed by atoms with Crippen molar-refractivity contribution < 1.29 is 14.4 Å². The van der Waals surface area contributed by atoms with Gasteiger partial charge in [-0.2, -0.15) is 0 Å². The normalized spacial score (nSPS) is 18.7. The molecular formula is C37H46ClN7O4. The van der Waals surface area contributed by atoms with Gasteiger partial charge in [0.25, 0.3) is 5.91 Å². The molecule has 1 aromatic heterocycles. The monoisotopic (exact) mass is 687 g/mol. The van der Waals surface area contributed by atoms with Crippen molar-refractivity contribution in [3.8, 4) is 11.1 Å². The molecule has 2 fully saturated rings. The Bertz CT molecular complexity index is 1820. The number of benzene rings is 3. The van der Waals surface area contributed by atoms with Crippen molar-refractivity contribution in [1.29, 1.82) is 0 Å². The van der Waals surface area contributed by atoms with Gasteiger partial charge in [-0.05, 0) is 124 Å². The average molecular weight is 688 g/mol. The summed E-state index contributed by atoms with van der Waals surface area (Å²) in [6, 6.07) is 18.3. The number of imidazole rings is 1. The number of hydrogen-bond acceptors (Lipinski definition) is 6. The molecule has 1 atom stereocenters. The number of rotatable bonds is 10. The SMILES string of the molecule is Cc1cc(C(=O)NC2CCNCC2)ccc1-c1ccc(C[C@H](NC(=O)[C@H]2CC[C@H](CN)CC2)C(=O)Nc2ccc3[nH]c(=O)[nH]c3c2)cc1.Cl. The van der Waals surface area contributed by atoms with Crippen LogP contribution in [-0.4, -0.2) is 59.4 Å². The van der Waals surface area contributed by atoms with Crippen LogP contribution in [0.15, 0.2) is 65.5 Å². The number of fused-ring (bicyclic) bond motifs is 1. The molecule has 6 rings (SSSR count). The minimum absolute atomic E-state index is 0. The molecule has 2 heterocycles. The molecular weight excluding hydrogens is 642 g/mol. The van der Waals surface area contributed by atoms with Crippen molar-refractivity contribution in [2.75, 3.05) is 25.0 Å². The Balaban J connectivity index is 0.00000468. The number of aromatic nitrogens is 2. The van der Waals surface area contributed by atoms with Crippen LogP contribution in [0, 0.1) is 18.8 Å². The first-order valence-electron chi connectivity index (χ1n) is 17.0. The lowest BCUT2D eigenvalue weighted by Gasteiger charge is -2.28. The number of halogens is 1. The van der Waals surface area contributed by atoms with Crippen LogP contribution in [-0.2, 0) is 16.0 Å². The van der Waals surface area contributed by atoms with E-state index in [1.807, 2.05) is 49.4 Å². The molecule has 1 aliphatic heterocycles. The first-order valence-corrected chi connectivity index (χ1v) is 17.0. The maximum absolute atomic E-state index is 13.7. The maximum atomic E-state index is 13.7. The highest BCUT2D eigenvalue weighted by Crippen LogP contribution is 2.29. The second-order valence-corrected chi connectivity index (χ2v) is 13.3. The van der Waals surface area contributed by atoms with E-state index in [9.17, 15) is 19.2 Å². The maximum Gasteiger partial charge on any atom is 0.323 e. The molecule has 0 radical (unpaired) electrons. The number of anilines is 1. The third kappa shape index (κ3) is 8.97. The molecule has 1 saturated carbocycles. The summed E-state index contributed by atoms with van der Waals surface area (Å²) in [5, 5.41) is 12.4. The first kappa shape index (κ1) is 35.8. The molecule has 3 amide bonds. The molecule has 1 saturated heterocycles. The van der Waals surface area contributed by atoms with E-state index in [0.29, 0.717) is 41.2 Å². The Kier molecular flexibility index (Phi) is 11.9. The van der Waals surface area contributed by atoms with Crippen LogP contribution in [0.1, 0.15) is 60.0 Å². The predicted molar refractivity (Wildman–Crippen MR) is 195 cm³/mol. The third-order valence-electron chi connectivity index (χ3n) is 9.84. The van der Waals surface area contributed by atoms with Gasteiger partial charge in [-0.1, -0.05) is 30.3 Å². The Labute approximate surface area is 292 Å². The van der Waals surface area contributed by atoms with E-state index >= 15 is 0 Å². The number of amides is 3. The van der Waals surface area contributed by atoms with Crippen molar-refractivity contribution in [3.63, 3.8) is 0 Å².